The van der Waals surface area contributed by atoms with Gasteiger partial charge >= 0.3 is 0 Å². The number of rotatable bonds is 3. The molecule has 3 aromatic rings. The molecule has 2 aromatic heterocycles. The number of amides is 1. The molecule has 2 aliphatic rings. The minimum atomic E-state index is -0.612. The molecule has 0 saturated heterocycles. The van der Waals surface area contributed by atoms with Crippen molar-refractivity contribution in [3.63, 3.8) is 0 Å². The summed E-state index contributed by atoms with van der Waals surface area (Å²) in [5.74, 6) is 1.09. The summed E-state index contributed by atoms with van der Waals surface area (Å²) in [5, 5.41) is 3.41. The Labute approximate surface area is 171 Å². The number of thiophene rings is 1. The number of benzene rings is 1. The number of nitrogens with one attached hydrogen (secondary N) is 2. The Balaban J connectivity index is 1.51. The van der Waals surface area contributed by atoms with Gasteiger partial charge in [0.1, 0.15) is 16.4 Å². The van der Waals surface area contributed by atoms with Crippen molar-refractivity contribution >= 4 is 33.1 Å². The van der Waals surface area contributed by atoms with Crippen LogP contribution in [0.2, 0.25) is 0 Å². The second-order valence-electron chi connectivity index (χ2n) is 7.47. The molecule has 0 bridgehead atoms. The lowest BCUT2D eigenvalue weighted by Gasteiger charge is -2.35. The van der Waals surface area contributed by atoms with E-state index in [0.29, 0.717) is 24.7 Å². The maximum absolute atomic E-state index is 12.8. The first-order chi connectivity index (χ1) is 14.1. The van der Waals surface area contributed by atoms with Gasteiger partial charge in [0, 0.05) is 11.9 Å². The standard InChI is InChI=1S/C21H22N4O3S/c1-22-19(26)15-10-25(13-7-3-4-8-14(13)28-15)11-17-23-20(27)18-12-6-2-5-9-16(12)29-21(18)24-17/h3-4,7-8,15H,2,5-6,9-11H2,1H3,(H,22,26)(H,23,24,27)/t15-/m1/s1. The Morgan fingerprint density at radius 2 is 2.17 bits per heavy atom. The zero-order valence-electron chi connectivity index (χ0n) is 16.2. The zero-order chi connectivity index (χ0) is 20.0. The molecule has 150 valence electrons. The van der Waals surface area contributed by atoms with Gasteiger partial charge in [0.2, 0.25) is 0 Å². The van der Waals surface area contributed by atoms with Crippen molar-refractivity contribution in [1.29, 1.82) is 0 Å². The third-order valence-electron chi connectivity index (χ3n) is 5.61. The molecule has 8 heteroatoms. The van der Waals surface area contributed by atoms with Gasteiger partial charge in [0.15, 0.2) is 6.10 Å². The van der Waals surface area contributed by atoms with Crippen LogP contribution in [0.15, 0.2) is 29.1 Å². The summed E-state index contributed by atoms with van der Waals surface area (Å²) in [5.41, 5.74) is 2.02. The number of fused-ring (bicyclic) bond motifs is 4. The summed E-state index contributed by atoms with van der Waals surface area (Å²) >= 11 is 1.65. The van der Waals surface area contributed by atoms with Gasteiger partial charge in [-0.25, -0.2) is 4.98 Å². The fourth-order valence-electron chi connectivity index (χ4n) is 4.22. The lowest BCUT2D eigenvalue weighted by atomic mass is 9.97. The van der Waals surface area contributed by atoms with Crippen molar-refractivity contribution in [3.8, 4) is 5.75 Å². The molecule has 1 aliphatic carbocycles. The number of carbonyl (C=O) groups excluding carboxylic acids is 1. The van der Waals surface area contributed by atoms with Crippen molar-refractivity contribution in [3.05, 3.63) is 50.9 Å². The number of anilines is 1. The number of ether oxygens (including phenoxy) is 1. The first-order valence-corrected chi connectivity index (χ1v) is 10.7. The van der Waals surface area contributed by atoms with Crippen LogP contribution in [0.1, 0.15) is 29.1 Å². The van der Waals surface area contributed by atoms with E-state index in [1.54, 1.807) is 18.4 Å². The number of hydrogen-bond acceptors (Lipinski definition) is 6. The molecule has 7 nitrogen and oxygen atoms in total. The van der Waals surface area contributed by atoms with Crippen LogP contribution in [0.3, 0.4) is 0 Å². The van der Waals surface area contributed by atoms with Crippen molar-refractivity contribution in [2.45, 2.75) is 38.3 Å². The zero-order valence-corrected chi connectivity index (χ0v) is 17.0. The van der Waals surface area contributed by atoms with E-state index >= 15 is 0 Å². The maximum Gasteiger partial charge on any atom is 0.262 e. The summed E-state index contributed by atoms with van der Waals surface area (Å²) < 4.78 is 5.86. The molecule has 2 N–H and O–H groups in total. The summed E-state index contributed by atoms with van der Waals surface area (Å²) in [6, 6.07) is 7.62. The lowest BCUT2D eigenvalue weighted by molar-refractivity contribution is -0.127. The van der Waals surface area contributed by atoms with E-state index in [0.717, 1.165) is 35.2 Å². The molecule has 0 fully saturated rings. The average molecular weight is 410 g/mol. The minimum Gasteiger partial charge on any atom is -0.477 e. The van der Waals surface area contributed by atoms with Crippen LogP contribution in [-0.2, 0) is 24.2 Å². The van der Waals surface area contributed by atoms with Crippen LogP contribution < -0.4 is 20.5 Å². The van der Waals surface area contributed by atoms with Gasteiger partial charge in [-0.15, -0.1) is 11.3 Å². The molecule has 0 spiro atoms. The fourth-order valence-corrected chi connectivity index (χ4v) is 5.50. The number of likely N-dealkylation sites (N-methyl/N-ethyl adjacent to an activating group) is 1. The number of aromatic amines is 1. The van der Waals surface area contributed by atoms with Crippen molar-refractivity contribution in [2.75, 3.05) is 18.5 Å². The van der Waals surface area contributed by atoms with Crippen LogP contribution in [0.4, 0.5) is 5.69 Å². The molecule has 0 unspecified atom stereocenters. The number of aromatic nitrogens is 2. The molecule has 1 amide bonds. The van der Waals surface area contributed by atoms with E-state index in [4.69, 9.17) is 9.72 Å². The van der Waals surface area contributed by atoms with Gasteiger partial charge < -0.3 is 19.9 Å². The molecule has 1 aliphatic heterocycles. The molecule has 1 aromatic carbocycles. The van der Waals surface area contributed by atoms with Crippen molar-refractivity contribution in [2.24, 2.45) is 0 Å². The van der Waals surface area contributed by atoms with Gasteiger partial charge in [-0.3, -0.25) is 9.59 Å². The number of H-pyrrole nitrogens is 1. The molecule has 1 atom stereocenters. The Kier molecular flexibility index (Phi) is 4.50. The third kappa shape index (κ3) is 3.17. The van der Waals surface area contributed by atoms with Gasteiger partial charge in [-0.05, 0) is 43.4 Å². The molecular weight excluding hydrogens is 388 g/mol. The monoisotopic (exact) mass is 410 g/mol. The van der Waals surface area contributed by atoms with Crippen molar-refractivity contribution in [1.82, 2.24) is 15.3 Å². The molecule has 0 saturated carbocycles. The Morgan fingerprint density at radius 3 is 3.03 bits per heavy atom. The smallest absolute Gasteiger partial charge is 0.262 e. The van der Waals surface area contributed by atoms with E-state index in [1.807, 2.05) is 29.2 Å². The quantitative estimate of drug-likeness (QED) is 0.692. The number of para-hydroxylation sites is 2. The van der Waals surface area contributed by atoms with Gasteiger partial charge in [0.05, 0.1) is 24.2 Å². The molecule has 0 radical (unpaired) electrons. The Hall–Kier alpha value is -2.87. The predicted octanol–water partition coefficient (Wildman–Crippen LogP) is 2.38. The van der Waals surface area contributed by atoms with E-state index in [2.05, 4.69) is 10.3 Å². The highest BCUT2D eigenvalue weighted by Crippen LogP contribution is 2.35. The predicted molar refractivity (Wildman–Crippen MR) is 113 cm³/mol. The number of carbonyl (C=O) groups is 1. The highest BCUT2D eigenvalue weighted by atomic mass is 32.1. The molecular formula is C21H22N4O3S. The van der Waals surface area contributed by atoms with E-state index in [9.17, 15) is 9.59 Å². The molecule has 5 rings (SSSR count). The number of aryl methyl sites for hydroxylation is 2. The topological polar surface area (TPSA) is 87.3 Å². The average Bonchev–Trinajstić information content (AvgIpc) is 3.12. The number of hydrogen-bond donors (Lipinski definition) is 2. The SMILES string of the molecule is CNC(=O)[C@H]1CN(Cc2nc3sc4c(c3c(=O)[nH]2)CCCC4)c2ccccc2O1. The fraction of sp³-hybridized carbons (Fsp3) is 0.381. The highest BCUT2D eigenvalue weighted by molar-refractivity contribution is 7.18. The normalized spacial score (nSPS) is 18.1. The van der Waals surface area contributed by atoms with Crippen LogP contribution in [0, 0.1) is 0 Å². The summed E-state index contributed by atoms with van der Waals surface area (Å²) in [4.78, 5) is 36.9. The first-order valence-electron chi connectivity index (χ1n) is 9.89. The van der Waals surface area contributed by atoms with E-state index < -0.39 is 6.10 Å². The molecule has 29 heavy (non-hydrogen) atoms. The summed E-state index contributed by atoms with van der Waals surface area (Å²) in [7, 11) is 1.60. The van der Waals surface area contributed by atoms with E-state index in [1.165, 1.54) is 16.9 Å². The summed E-state index contributed by atoms with van der Waals surface area (Å²) in [6.07, 6.45) is 3.70. The number of nitrogens with zero attached hydrogens (tertiary/aromatic N) is 2. The van der Waals surface area contributed by atoms with E-state index in [-0.39, 0.29) is 11.5 Å². The Bertz CT molecular complexity index is 1150. The second-order valence-corrected chi connectivity index (χ2v) is 8.56. The van der Waals surface area contributed by atoms with Gasteiger partial charge in [0.25, 0.3) is 11.5 Å². The van der Waals surface area contributed by atoms with Gasteiger partial charge in [-0.2, -0.15) is 0 Å². The van der Waals surface area contributed by atoms with Gasteiger partial charge in [-0.1, -0.05) is 12.1 Å². The lowest BCUT2D eigenvalue weighted by Crippen LogP contribution is -2.48. The largest absolute Gasteiger partial charge is 0.477 e. The van der Waals surface area contributed by atoms with Crippen molar-refractivity contribution < 1.29 is 9.53 Å². The van der Waals surface area contributed by atoms with Crippen LogP contribution in [0.25, 0.3) is 10.2 Å². The van der Waals surface area contributed by atoms with Crippen LogP contribution in [-0.4, -0.2) is 35.6 Å². The highest BCUT2D eigenvalue weighted by Gasteiger charge is 2.30. The van der Waals surface area contributed by atoms with Crippen LogP contribution >= 0.6 is 11.3 Å². The Morgan fingerprint density at radius 1 is 1.34 bits per heavy atom. The minimum absolute atomic E-state index is 0.0613. The second kappa shape index (κ2) is 7.18. The molecule has 3 heterocycles. The maximum atomic E-state index is 12.8. The van der Waals surface area contributed by atoms with Crippen LogP contribution in [0.5, 0.6) is 5.75 Å². The first kappa shape index (κ1) is 18.2. The summed E-state index contributed by atoms with van der Waals surface area (Å²) in [6.45, 7) is 0.793. The third-order valence-corrected chi connectivity index (χ3v) is 6.80.